The SMILES string of the molecule is CN1CCCC1CNCc1cn[nH]c1-c1cccnc1. The molecule has 0 radical (unpaired) electrons. The zero-order valence-electron chi connectivity index (χ0n) is 11.8. The Morgan fingerprint density at radius 2 is 2.40 bits per heavy atom. The van der Waals surface area contributed by atoms with Crippen LogP contribution in [-0.2, 0) is 6.54 Å². The summed E-state index contributed by atoms with van der Waals surface area (Å²) in [5.41, 5.74) is 3.34. The average Bonchev–Trinajstić information content (AvgIpc) is 3.10. The summed E-state index contributed by atoms with van der Waals surface area (Å²) in [5, 5.41) is 10.8. The first-order chi connectivity index (χ1) is 9.84. The molecule has 106 valence electrons. The molecule has 1 saturated heterocycles. The van der Waals surface area contributed by atoms with Crippen LogP contribution in [0.3, 0.4) is 0 Å². The van der Waals surface area contributed by atoms with Crippen molar-refractivity contribution in [3.8, 4) is 11.3 Å². The van der Waals surface area contributed by atoms with E-state index in [1.165, 1.54) is 24.9 Å². The van der Waals surface area contributed by atoms with Crippen LogP contribution in [0.4, 0.5) is 0 Å². The molecule has 5 nitrogen and oxygen atoms in total. The van der Waals surface area contributed by atoms with Gasteiger partial charge >= 0.3 is 0 Å². The van der Waals surface area contributed by atoms with Crippen LogP contribution in [0, 0.1) is 0 Å². The van der Waals surface area contributed by atoms with Crippen molar-refractivity contribution in [2.45, 2.75) is 25.4 Å². The molecule has 3 heterocycles. The normalized spacial score (nSPS) is 19.6. The summed E-state index contributed by atoms with van der Waals surface area (Å²) in [6, 6.07) is 4.67. The van der Waals surface area contributed by atoms with Gasteiger partial charge in [0.15, 0.2) is 0 Å². The van der Waals surface area contributed by atoms with Crippen molar-refractivity contribution in [1.29, 1.82) is 0 Å². The standard InChI is InChI=1S/C15H21N5/c1-20-7-3-5-14(20)11-17-9-13-10-18-19-15(13)12-4-2-6-16-8-12/h2,4,6,8,10,14,17H,3,5,7,9,11H2,1H3,(H,18,19). The van der Waals surface area contributed by atoms with Crippen LogP contribution in [0.1, 0.15) is 18.4 Å². The van der Waals surface area contributed by atoms with Crippen LogP contribution in [0.5, 0.6) is 0 Å². The Bertz CT molecular complexity index is 536. The maximum atomic E-state index is 4.16. The number of hydrogen-bond acceptors (Lipinski definition) is 4. The summed E-state index contributed by atoms with van der Waals surface area (Å²) in [4.78, 5) is 6.60. The van der Waals surface area contributed by atoms with E-state index in [2.05, 4.69) is 38.5 Å². The van der Waals surface area contributed by atoms with Crippen LogP contribution < -0.4 is 5.32 Å². The Hall–Kier alpha value is -1.72. The van der Waals surface area contributed by atoms with Gasteiger partial charge < -0.3 is 10.2 Å². The maximum absolute atomic E-state index is 4.16. The second kappa shape index (κ2) is 6.15. The van der Waals surface area contributed by atoms with Crippen molar-refractivity contribution in [1.82, 2.24) is 25.4 Å². The average molecular weight is 271 g/mol. The van der Waals surface area contributed by atoms with E-state index in [-0.39, 0.29) is 0 Å². The highest BCUT2D eigenvalue weighted by atomic mass is 15.2. The van der Waals surface area contributed by atoms with Gasteiger partial charge in [0.1, 0.15) is 0 Å². The Morgan fingerprint density at radius 1 is 1.45 bits per heavy atom. The van der Waals surface area contributed by atoms with E-state index in [9.17, 15) is 0 Å². The van der Waals surface area contributed by atoms with E-state index in [0.29, 0.717) is 6.04 Å². The van der Waals surface area contributed by atoms with Crippen LogP contribution >= 0.6 is 0 Å². The molecule has 0 aliphatic carbocycles. The summed E-state index contributed by atoms with van der Waals surface area (Å²) < 4.78 is 0. The number of aromatic nitrogens is 3. The highest BCUT2D eigenvalue weighted by Crippen LogP contribution is 2.20. The predicted octanol–water partition coefficient (Wildman–Crippen LogP) is 1.66. The van der Waals surface area contributed by atoms with Gasteiger partial charge in [-0.3, -0.25) is 10.1 Å². The molecule has 1 aliphatic heterocycles. The lowest BCUT2D eigenvalue weighted by atomic mass is 10.1. The van der Waals surface area contributed by atoms with Gasteiger partial charge in [0, 0.05) is 42.7 Å². The molecule has 5 heteroatoms. The molecule has 1 atom stereocenters. The second-order valence-corrected chi connectivity index (χ2v) is 5.42. The van der Waals surface area contributed by atoms with Gasteiger partial charge in [-0.25, -0.2) is 0 Å². The number of likely N-dealkylation sites (N-methyl/N-ethyl adjacent to an activating group) is 1. The van der Waals surface area contributed by atoms with Crippen molar-refractivity contribution in [3.63, 3.8) is 0 Å². The van der Waals surface area contributed by atoms with E-state index in [1.807, 2.05) is 18.5 Å². The summed E-state index contributed by atoms with van der Waals surface area (Å²) in [6.07, 6.45) is 8.16. The third-order valence-corrected chi connectivity index (χ3v) is 4.03. The summed E-state index contributed by atoms with van der Waals surface area (Å²) in [7, 11) is 2.21. The molecular formula is C15H21N5. The third-order valence-electron chi connectivity index (χ3n) is 4.03. The first-order valence-electron chi connectivity index (χ1n) is 7.18. The molecule has 0 bridgehead atoms. The van der Waals surface area contributed by atoms with E-state index < -0.39 is 0 Å². The zero-order chi connectivity index (χ0) is 13.8. The van der Waals surface area contributed by atoms with Gasteiger partial charge in [-0.15, -0.1) is 0 Å². The van der Waals surface area contributed by atoms with Gasteiger partial charge in [-0.2, -0.15) is 5.10 Å². The number of rotatable bonds is 5. The van der Waals surface area contributed by atoms with E-state index in [1.54, 1.807) is 6.20 Å². The fourth-order valence-electron chi connectivity index (χ4n) is 2.82. The first-order valence-corrected chi connectivity index (χ1v) is 7.18. The lowest BCUT2D eigenvalue weighted by molar-refractivity contribution is 0.300. The minimum atomic E-state index is 0.670. The quantitative estimate of drug-likeness (QED) is 0.868. The van der Waals surface area contributed by atoms with Crippen molar-refractivity contribution in [2.24, 2.45) is 0 Å². The number of hydrogen-bond donors (Lipinski definition) is 2. The number of likely N-dealkylation sites (tertiary alicyclic amines) is 1. The van der Waals surface area contributed by atoms with Crippen LogP contribution in [-0.4, -0.2) is 46.3 Å². The molecular weight excluding hydrogens is 250 g/mol. The molecule has 0 amide bonds. The monoisotopic (exact) mass is 271 g/mol. The largest absolute Gasteiger partial charge is 0.311 e. The van der Waals surface area contributed by atoms with Crippen molar-refractivity contribution < 1.29 is 0 Å². The highest BCUT2D eigenvalue weighted by molar-refractivity contribution is 5.61. The van der Waals surface area contributed by atoms with Crippen molar-refractivity contribution in [2.75, 3.05) is 20.1 Å². The molecule has 0 aromatic carbocycles. The van der Waals surface area contributed by atoms with E-state index in [0.717, 1.165) is 24.3 Å². The second-order valence-electron chi connectivity index (χ2n) is 5.42. The minimum Gasteiger partial charge on any atom is -0.311 e. The van der Waals surface area contributed by atoms with Crippen molar-refractivity contribution >= 4 is 0 Å². The zero-order valence-corrected chi connectivity index (χ0v) is 11.8. The summed E-state index contributed by atoms with van der Waals surface area (Å²) >= 11 is 0. The van der Waals surface area contributed by atoms with Gasteiger partial charge in [0.2, 0.25) is 0 Å². The Labute approximate surface area is 119 Å². The van der Waals surface area contributed by atoms with Gasteiger partial charge in [0.05, 0.1) is 11.9 Å². The Morgan fingerprint density at radius 3 is 3.15 bits per heavy atom. The molecule has 0 saturated carbocycles. The maximum Gasteiger partial charge on any atom is 0.0710 e. The third kappa shape index (κ3) is 2.89. The Balaban J connectivity index is 1.60. The van der Waals surface area contributed by atoms with Gasteiger partial charge in [0.25, 0.3) is 0 Å². The lowest BCUT2D eigenvalue weighted by Crippen LogP contribution is -2.35. The predicted molar refractivity (Wildman–Crippen MR) is 79.2 cm³/mol. The fraction of sp³-hybridized carbons (Fsp3) is 0.467. The number of pyridine rings is 1. The number of aromatic amines is 1. The molecule has 1 aliphatic rings. The van der Waals surface area contributed by atoms with Gasteiger partial charge in [-0.1, -0.05) is 0 Å². The smallest absolute Gasteiger partial charge is 0.0710 e. The topological polar surface area (TPSA) is 56.8 Å². The number of H-pyrrole nitrogens is 1. The molecule has 20 heavy (non-hydrogen) atoms. The fourth-order valence-corrected chi connectivity index (χ4v) is 2.82. The molecule has 3 rings (SSSR count). The minimum absolute atomic E-state index is 0.670. The van der Waals surface area contributed by atoms with E-state index >= 15 is 0 Å². The summed E-state index contributed by atoms with van der Waals surface area (Å²) in [5.74, 6) is 0. The number of nitrogens with zero attached hydrogens (tertiary/aromatic N) is 3. The van der Waals surface area contributed by atoms with Crippen LogP contribution in [0.25, 0.3) is 11.3 Å². The first kappa shape index (κ1) is 13.3. The molecule has 0 spiro atoms. The Kier molecular flexibility index (Phi) is 4.08. The number of nitrogens with one attached hydrogen (secondary N) is 2. The lowest BCUT2D eigenvalue weighted by Gasteiger charge is -2.19. The molecule has 1 unspecified atom stereocenters. The van der Waals surface area contributed by atoms with Gasteiger partial charge in [-0.05, 0) is 38.6 Å². The molecule has 2 aromatic rings. The van der Waals surface area contributed by atoms with Crippen LogP contribution in [0.15, 0.2) is 30.7 Å². The molecule has 2 aromatic heterocycles. The molecule has 1 fully saturated rings. The highest BCUT2D eigenvalue weighted by Gasteiger charge is 2.20. The van der Waals surface area contributed by atoms with E-state index in [4.69, 9.17) is 0 Å². The summed E-state index contributed by atoms with van der Waals surface area (Å²) in [6.45, 7) is 3.10. The van der Waals surface area contributed by atoms with Crippen LogP contribution in [0.2, 0.25) is 0 Å². The molecule has 2 N–H and O–H groups in total. The van der Waals surface area contributed by atoms with Crippen molar-refractivity contribution in [3.05, 3.63) is 36.3 Å².